The van der Waals surface area contributed by atoms with Gasteiger partial charge in [-0.25, -0.2) is 0 Å². The van der Waals surface area contributed by atoms with Gasteiger partial charge in [-0.2, -0.15) is 0 Å². The van der Waals surface area contributed by atoms with Gasteiger partial charge in [-0.15, -0.1) is 0 Å². The van der Waals surface area contributed by atoms with E-state index in [0.29, 0.717) is 0 Å². The van der Waals surface area contributed by atoms with Crippen molar-refractivity contribution in [3.63, 3.8) is 0 Å². The third-order valence-electron chi connectivity index (χ3n) is 1.78. The summed E-state index contributed by atoms with van der Waals surface area (Å²) in [6.07, 6.45) is 6.78. The summed E-state index contributed by atoms with van der Waals surface area (Å²) in [5.41, 5.74) is 5.33. The second-order valence-electron chi connectivity index (χ2n) is 2.95. The molecule has 0 aromatic rings. The molecule has 0 heterocycles. The maximum absolute atomic E-state index is 5.33. The predicted octanol–water partition coefficient (Wildman–Crippen LogP) is 1.75. The average molecular weight is 160 g/mol. The Balaban J connectivity index is 0. The van der Waals surface area contributed by atoms with E-state index in [-0.39, 0.29) is 1.43 Å². The molecule has 0 aliphatic rings. The van der Waals surface area contributed by atoms with Crippen molar-refractivity contribution >= 4 is 0 Å². The highest BCUT2D eigenvalue weighted by Gasteiger charge is 1.87. The predicted molar refractivity (Wildman–Crippen MR) is 52.8 cm³/mol. The molecule has 2 nitrogen and oxygen atoms in total. The molecule has 0 atom stereocenters. The Morgan fingerprint density at radius 2 is 1.82 bits per heavy atom. The second-order valence-corrected chi connectivity index (χ2v) is 2.95. The smallest absolute Gasteiger partial charge is 0.00745 e. The number of hydrogen-bond donors (Lipinski definition) is 2. The first kappa shape index (κ1) is 10.9. The maximum Gasteiger partial charge on any atom is 0.00745 e. The normalized spacial score (nSPS) is 10.4. The number of unbranched alkanes of at least 4 members (excludes halogenated alkanes) is 4. The minimum absolute atomic E-state index is 0. The van der Waals surface area contributed by atoms with Gasteiger partial charge in [0.2, 0.25) is 0 Å². The lowest BCUT2D eigenvalue weighted by Crippen LogP contribution is -2.23. The topological polar surface area (TPSA) is 38.0 Å². The second kappa shape index (κ2) is 9.92. The molecule has 0 saturated heterocycles. The first-order valence-electron chi connectivity index (χ1n) is 4.82. The van der Waals surface area contributed by atoms with Crippen LogP contribution in [-0.2, 0) is 0 Å². The summed E-state index contributed by atoms with van der Waals surface area (Å²) in [5.74, 6) is 0. The third kappa shape index (κ3) is 9.92. The molecule has 0 bridgehead atoms. The fraction of sp³-hybridized carbons (Fsp3) is 1.00. The first-order valence-corrected chi connectivity index (χ1v) is 4.82. The van der Waals surface area contributed by atoms with Crippen molar-refractivity contribution in [3.05, 3.63) is 0 Å². The summed E-state index contributed by atoms with van der Waals surface area (Å²) < 4.78 is 0. The van der Waals surface area contributed by atoms with Crippen LogP contribution in [0.2, 0.25) is 0 Å². The van der Waals surface area contributed by atoms with Crippen LogP contribution in [0.5, 0.6) is 0 Å². The molecular weight excluding hydrogens is 136 g/mol. The van der Waals surface area contributed by atoms with E-state index in [9.17, 15) is 0 Å². The molecule has 0 radical (unpaired) electrons. The van der Waals surface area contributed by atoms with E-state index >= 15 is 0 Å². The summed E-state index contributed by atoms with van der Waals surface area (Å²) in [7, 11) is 0. The molecule has 2 heteroatoms. The van der Waals surface area contributed by atoms with Crippen molar-refractivity contribution in [2.75, 3.05) is 19.6 Å². The quantitative estimate of drug-likeness (QED) is 0.531. The molecule has 0 amide bonds. The van der Waals surface area contributed by atoms with Crippen LogP contribution in [0.3, 0.4) is 0 Å². The van der Waals surface area contributed by atoms with E-state index in [2.05, 4.69) is 12.2 Å². The van der Waals surface area contributed by atoms with Crippen LogP contribution in [0.15, 0.2) is 0 Å². The minimum atomic E-state index is 0. The van der Waals surface area contributed by atoms with Crippen LogP contribution in [-0.4, -0.2) is 19.6 Å². The van der Waals surface area contributed by atoms with Gasteiger partial charge in [0.15, 0.2) is 0 Å². The van der Waals surface area contributed by atoms with E-state index in [4.69, 9.17) is 5.73 Å². The lowest BCUT2D eigenvalue weighted by atomic mass is 10.1. The van der Waals surface area contributed by atoms with Crippen LogP contribution in [0.4, 0.5) is 0 Å². The first-order chi connectivity index (χ1) is 5.41. The Kier molecular flexibility index (Phi) is 9.85. The van der Waals surface area contributed by atoms with Crippen molar-refractivity contribution in [1.29, 1.82) is 0 Å². The highest BCUT2D eigenvalue weighted by molar-refractivity contribution is 4.48. The Bertz CT molecular complexity index is 61.5. The van der Waals surface area contributed by atoms with Crippen LogP contribution >= 0.6 is 0 Å². The maximum atomic E-state index is 5.33. The lowest BCUT2D eigenvalue weighted by Gasteiger charge is -2.01. The van der Waals surface area contributed by atoms with Crippen molar-refractivity contribution < 1.29 is 1.43 Å². The molecule has 0 aliphatic carbocycles. The van der Waals surface area contributed by atoms with Crippen molar-refractivity contribution in [3.8, 4) is 0 Å². The number of rotatable bonds is 8. The molecule has 0 aliphatic heterocycles. The number of nitrogens with one attached hydrogen (secondary N) is 1. The zero-order valence-electron chi connectivity index (χ0n) is 7.73. The van der Waals surface area contributed by atoms with Gasteiger partial charge in [0.25, 0.3) is 0 Å². The Hall–Kier alpha value is -0.0800. The van der Waals surface area contributed by atoms with Crippen molar-refractivity contribution in [2.45, 2.75) is 39.0 Å². The Morgan fingerprint density at radius 1 is 1.09 bits per heavy atom. The fourth-order valence-electron chi connectivity index (χ4n) is 1.08. The molecule has 11 heavy (non-hydrogen) atoms. The van der Waals surface area contributed by atoms with E-state index in [1.165, 1.54) is 32.1 Å². The molecule has 3 N–H and O–H groups in total. The summed E-state index contributed by atoms with van der Waals surface area (Å²) in [6, 6.07) is 0. The van der Waals surface area contributed by atoms with Crippen molar-refractivity contribution in [1.82, 2.24) is 5.32 Å². The van der Waals surface area contributed by atoms with Gasteiger partial charge in [0.05, 0.1) is 0 Å². The van der Waals surface area contributed by atoms with Crippen LogP contribution < -0.4 is 11.1 Å². The molecule has 0 aromatic heterocycles. The Labute approximate surface area is 72.0 Å². The number of nitrogens with two attached hydrogens (primary N) is 1. The molecular formula is C9H24N2. The summed E-state index contributed by atoms with van der Waals surface area (Å²) >= 11 is 0. The summed E-state index contributed by atoms with van der Waals surface area (Å²) in [6.45, 7) is 5.11. The van der Waals surface area contributed by atoms with E-state index in [0.717, 1.165) is 19.6 Å². The van der Waals surface area contributed by atoms with Gasteiger partial charge in [-0.05, 0) is 13.0 Å². The van der Waals surface area contributed by atoms with Gasteiger partial charge in [-0.3, -0.25) is 0 Å². The zero-order chi connectivity index (χ0) is 8.36. The monoisotopic (exact) mass is 160 g/mol. The standard InChI is InChI=1S/C9H22N2.H2/c1-2-3-4-5-6-8-11-9-7-10;/h11H,2-10H2,1H3;1H. The van der Waals surface area contributed by atoms with Gasteiger partial charge < -0.3 is 11.1 Å². The minimum Gasteiger partial charge on any atom is -0.329 e. The van der Waals surface area contributed by atoms with Crippen molar-refractivity contribution in [2.24, 2.45) is 5.73 Å². The molecule has 0 rings (SSSR count). The molecule has 0 saturated carbocycles. The summed E-state index contributed by atoms with van der Waals surface area (Å²) in [5, 5.41) is 3.29. The highest BCUT2D eigenvalue weighted by atomic mass is 14.9. The fourth-order valence-corrected chi connectivity index (χ4v) is 1.08. The third-order valence-corrected chi connectivity index (χ3v) is 1.78. The van der Waals surface area contributed by atoms with Crippen LogP contribution in [0.1, 0.15) is 40.5 Å². The summed E-state index contributed by atoms with van der Waals surface area (Å²) in [4.78, 5) is 0. The zero-order valence-corrected chi connectivity index (χ0v) is 7.73. The largest absolute Gasteiger partial charge is 0.329 e. The van der Waals surface area contributed by atoms with Crippen LogP contribution in [0.25, 0.3) is 0 Å². The molecule has 0 unspecified atom stereocenters. The molecule has 0 aromatic carbocycles. The van der Waals surface area contributed by atoms with E-state index < -0.39 is 0 Å². The van der Waals surface area contributed by atoms with Gasteiger partial charge in [0.1, 0.15) is 0 Å². The molecule has 0 spiro atoms. The SMILES string of the molecule is CCCCCCCNCCN.[HH]. The van der Waals surface area contributed by atoms with Gasteiger partial charge in [-0.1, -0.05) is 32.6 Å². The van der Waals surface area contributed by atoms with Crippen LogP contribution in [0, 0.1) is 0 Å². The van der Waals surface area contributed by atoms with Gasteiger partial charge in [0, 0.05) is 14.5 Å². The van der Waals surface area contributed by atoms with E-state index in [1.54, 1.807) is 0 Å². The van der Waals surface area contributed by atoms with Gasteiger partial charge >= 0.3 is 0 Å². The van der Waals surface area contributed by atoms with E-state index in [1.807, 2.05) is 0 Å². The average Bonchev–Trinajstić information content (AvgIpc) is 2.03. The highest BCUT2D eigenvalue weighted by Crippen LogP contribution is 2.00. The lowest BCUT2D eigenvalue weighted by molar-refractivity contribution is 0.587. The Morgan fingerprint density at radius 3 is 2.45 bits per heavy atom. The molecule has 70 valence electrons. The molecule has 0 fully saturated rings. The number of hydrogen-bond acceptors (Lipinski definition) is 2.